The minimum atomic E-state index is -3.98. The van der Waals surface area contributed by atoms with E-state index in [0.717, 1.165) is 11.3 Å². The summed E-state index contributed by atoms with van der Waals surface area (Å²) in [5.74, 6) is -0.946. The number of hydrogen-bond donors (Lipinski definition) is 2. The second kappa shape index (κ2) is 6.99. The average molecular weight is 474 g/mol. The van der Waals surface area contributed by atoms with Gasteiger partial charge in [0.15, 0.2) is 0 Å². The Morgan fingerprint density at radius 2 is 1.28 bits per heavy atom. The molecular weight excluding hydrogens is 454 g/mol. The third-order valence-corrected chi connectivity index (χ3v) is 8.64. The van der Waals surface area contributed by atoms with Crippen LogP contribution >= 0.6 is 0 Å². The lowest BCUT2D eigenvalue weighted by atomic mass is 9.85. The van der Waals surface area contributed by atoms with Crippen LogP contribution in [0.5, 0.6) is 0 Å². The molecule has 11 heteroatoms. The van der Waals surface area contributed by atoms with Crippen LogP contribution in [-0.4, -0.2) is 28.6 Å². The molecule has 2 amide bonds. The van der Waals surface area contributed by atoms with Gasteiger partial charge in [-0.1, -0.05) is 12.2 Å². The van der Waals surface area contributed by atoms with Crippen molar-refractivity contribution in [2.24, 2.45) is 28.8 Å². The zero-order valence-electron chi connectivity index (χ0n) is 16.6. The van der Waals surface area contributed by atoms with Crippen LogP contribution in [0.15, 0.2) is 70.5 Å². The lowest BCUT2D eigenvalue weighted by molar-refractivity contribution is -0.123. The average Bonchev–Trinajstić information content (AvgIpc) is 3.41. The summed E-state index contributed by atoms with van der Waals surface area (Å²) in [6, 6.07) is 10.5. The highest BCUT2D eigenvalue weighted by Crippen LogP contribution is 2.53. The number of nitrogens with one attached hydrogen (secondary N) is 1. The van der Waals surface area contributed by atoms with Crippen molar-refractivity contribution in [1.29, 1.82) is 0 Å². The van der Waals surface area contributed by atoms with Gasteiger partial charge in [0.05, 0.1) is 27.3 Å². The Morgan fingerprint density at radius 1 is 0.781 bits per heavy atom. The van der Waals surface area contributed by atoms with Gasteiger partial charge in [-0.05, 0) is 66.8 Å². The Hall–Kier alpha value is -3.02. The molecule has 1 heterocycles. The van der Waals surface area contributed by atoms with Gasteiger partial charge in [-0.3, -0.25) is 19.2 Å². The molecule has 2 aliphatic carbocycles. The molecule has 2 aromatic rings. The molecule has 2 bridgehead atoms. The smallest absolute Gasteiger partial charge is 0.261 e. The first-order valence-corrected chi connectivity index (χ1v) is 12.9. The third-order valence-electron chi connectivity index (χ3n) is 6.31. The Morgan fingerprint density at radius 3 is 1.78 bits per heavy atom. The molecule has 2 fully saturated rings. The largest absolute Gasteiger partial charge is 0.280 e. The number of primary sulfonamides is 1. The summed E-state index contributed by atoms with van der Waals surface area (Å²) in [6.45, 7) is 0. The molecule has 32 heavy (non-hydrogen) atoms. The summed E-state index contributed by atoms with van der Waals surface area (Å²) in [4.78, 5) is 26.7. The van der Waals surface area contributed by atoms with Crippen LogP contribution < -0.4 is 14.8 Å². The summed E-state index contributed by atoms with van der Waals surface area (Å²) < 4.78 is 50.4. The molecule has 166 valence electrons. The van der Waals surface area contributed by atoms with E-state index >= 15 is 0 Å². The first kappa shape index (κ1) is 20.9. The van der Waals surface area contributed by atoms with Gasteiger partial charge in [0.25, 0.3) is 10.0 Å². The molecule has 1 saturated carbocycles. The number of hydrogen-bond acceptors (Lipinski definition) is 6. The number of sulfonamides is 2. The Kier molecular flexibility index (Phi) is 4.56. The van der Waals surface area contributed by atoms with Crippen molar-refractivity contribution in [2.75, 3.05) is 9.62 Å². The van der Waals surface area contributed by atoms with Gasteiger partial charge in [0.1, 0.15) is 0 Å². The summed E-state index contributed by atoms with van der Waals surface area (Å²) in [5.41, 5.74) is 0.493. The number of imide groups is 1. The molecular formula is C21H19N3O6S2. The molecule has 4 atom stereocenters. The van der Waals surface area contributed by atoms with E-state index in [-0.39, 0.29) is 51.0 Å². The van der Waals surface area contributed by atoms with Crippen molar-refractivity contribution in [3.63, 3.8) is 0 Å². The number of fused-ring (bicyclic) bond motifs is 5. The van der Waals surface area contributed by atoms with E-state index in [4.69, 9.17) is 5.14 Å². The minimum Gasteiger partial charge on any atom is -0.280 e. The number of nitrogens with two attached hydrogens (primary N) is 1. The van der Waals surface area contributed by atoms with Gasteiger partial charge in [0, 0.05) is 5.69 Å². The van der Waals surface area contributed by atoms with Crippen LogP contribution in [0.1, 0.15) is 6.42 Å². The Labute approximate surface area is 185 Å². The van der Waals surface area contributed by atoms with Crippen molar-refractivity contribution in [2.45, 2.75) is 16.2 Å². The molecule has 0 spiro atoms. The fourth-order valence-electron chi connectivity index (χ4n) is 4.86. The van der Waals surface area contributed by atoms with Crippen LogP contribution in [0.3, 0.4) is 0 Å². The van der Waals surface area contributed by atoms with E-state index < -0.39 is 20.0 Å². The van der Waals surface area contributed by atoms with Gasteiger partial charge in [-0.2, -0.15) is 0 Å². The fraction of sp³-hybridized carbons (Fsp3) is 0.238. The summed E-state index contributed by atoms with van der Waals surface area (Å²) in [6.07, 6.45) is 4.86. The highest BCUT2D eigenvalue weighted by molar-refractivity contribution is 7.92. The van der Waals surface area contributed by atoms with Gasteiger partial charge in [-0.15, -0.1) is 0 Å². The molecule has 1 saturated heterocycles. The molecule has 1 aliphatic heterocycles. The Balaban J connectivity index is 1.35. The zero-order chi connectivity index (χ0) is 22.8. The van der Waals surface area contributed by atoms with Crippen molar-refractivity contribution in [3.8, 4) is 0 Å². The number of carbonyl (C=O) groups is 2. The van der Waals surface area contributed by atoms with Crippen LogP contribution in [0, 0.1) is 23.7 Å². The van der Waals surface area contributed by atoms with Gasteiger partial charge in [0.2, 0.25) is 21.8 Å². The van der Waals surface area contributed by atoms with Crippen LogP contribution in [-0.2, 0) is 29.6 Å². The van der Waals surface area contributed by atoms with Crippen molar-refractivity contribution < 1.29 is 26.4 Å². The summed E-state index contributed by atoms with van der Waals surface area (Å²) in [5, 5.41) is 5.04. The topological polar surface area (TPSA) is 144 Å². The van der Waals surface area contributed by atoms with Crippen LogP contribution in [0.25, 0.3) is 0 Å². The van der Waals surface area contributed by atoms with Crippen LogP contribution in [0.2, 0.25) is 0 Å². The standard InChI is InChI=1S/C21H19N3O6S2/c22-31(27,28)16-7-3-14(4-8-16)23-32(29,30)17-9-5-15(6-10-17)24-20(25)18-12-1-2-13(11-12)19(18)21(24)26/h1-10,12-13,18-19,23H,11H2,(H2,22,27,28)/t12?,13?,18-,19+. The van der Waals surface area contributed by atoms with E-state index in [9.17, 15) is 26.4 Å². The monoisotopic (exact) mass is 473 g/mol. The van der Waals surface area contributed by atoms with E-state index in [1.165, 1.54) is 48.5 Å². The fourth-order valence-corrected chi connectivity index (χ4v) is 6.43. The lowest BCUT2D eigenvalue weighted by Gasteiger charge is -2.17. The maximum absolute atomic E-state index is 12.9. The maximum Gasteiger partial charge on any atom is 0.261 e. The lowest BCUT2D eigenvalue weighted by Crippen LogP contribution is -2.32. The van der Waals surface area contributed by atoms with Crippen LogP contribution in [0.4, 0.5) is 11.4 Å². The number of nitrogens with zero attached hydrogens (tertiary/aromatic N) is 1. The van der Waals surface area contributed by atoms with Crippen molar-refractivity contribution in [3.05, 3.63) is 60.7 Å². The molecule has 3 N–H and O–H groups in total. The van der Waals surface area contributed by atoms with Crippen molar-refractivity contribution >= 4 is 43.2 Å². The van der Waals surface area contributed by atoms with Gasteiger partial charge < -0.3 is 0 Å². The molecule has 0 aromatic heterocycles. The number of rotatable bonds is 5. The van der Waals surface area contributed by atoms with Gasteiger partial charge in [-0.25, -0.2) is 22.0 Å². The zero-order valence-corrected chi connectivity index (χ0v) is 18.2. The molecule has 0 radical (unpaired) electrons. The maximum atomic E-state index is 12.9. The Bertz CT molecular complexity index is 1340. The highest BCUT2D eigenvalue weighted by atomic mass is 32.2. The number of anilines is 2. The molecule has 9 nitrogen and oxygen atoms in total. The van der Waals surface area contributed by atoms with Crippen molar-refractivity contribution in [1.82, 2.24) is 0 Å². The molecule has 5 rings (SSSR count). The second-order valence-corrected chi connectivity index (χ2v) is 11.4. The van der Waals surface area contributed by atoms with E-state index in [1.54, 1.807) is 0 Å². The third kappa shape index (κ3) is 3.24. The van der Waals surface area contributed by atoms with E-state index in [1.807, 2.05) is 12.2 Å². The predicted octanol–water partition coefficient (Wildman–Crippen LogP) is 1.45. The summed E-state index contributed by atoms with van der Waals surface area (Å²) >= 11 is 0. The van der Waals surface area contributed by atoms with E-state index in [2.05, 4.69) is 4.72 Å². The molecule has 2 aromatic carbocycles. The number of benzene rings is 2. The van der Waals surface area contributed by atoms with Gasteiger partial charge >= 0.3 is 0 Å². The normalized spacial score (nSPS) is 26.6. The summed E-state index contributed by atoms with van der Waals surface area (Å²) in [7, 11) is -7.87. The number of allylic oxidation sites excluding steroid dienone is 2. The SMILES string of the molecule is NS(=O)(=O)c1ccc(NS(=O)(=O)c2ccc(N3C(=O)[C@@H]4C5C=CC(C5)[C@@H]4C3=O)cc2)cc1. The van der Waals surface area contributed by atoms with E-state index in [0.29, 0.717) is 5.69 Å². The molecule has 2 unspecified atom stereocenters. The minimum absolute atomic E-state index is 0.0715. The molecule has 3 aliphatic rings. The number of carbonyl (C=O) groups excluding carboxylic acids is 2. The quantitative estimate of drug-likeness (QED) is 0.497. The first-order chi connectivity index (χ1) is 15.1. The highest BCUT2D eigenvalue weighted by Gasteiger charge is 2.59. The number of amides is 2. The predicted molar refractivity (Wildman–Crippen MR) is 115 cm³/mol. The first-order valence-electron chi connectivity index (χ1n) is 9.88. The second-order valence-electron chi connectivity index (χ2n) is 8.18.